The molecule has 162 valence electrons. The zero-order valence-electron chi connectivity index (χ0n) is 17.1. The summed E-state index contributed by atoms with van der Waals surface area (Å²) in [5.41, 5.74) is 2.29. The number of rotatable bonds is 5. The van der Waals surface area contributed by atoms with E-state index in [1.54, 1.807) is 48.8 Å². The number of aromatic nitrogens is 3. The molecule has 3 heterocycles. The van der Waals surface area contributed by atoms with Gasteiger partial charge >= 0.3 is 6.09 Å². The quantitative estimate of drug-likeness (QED) is 0.614. The minimum atomic E-state index is -0.561. The topological polar surface area (TPSA) is 107 Å². The molecule has 2 aromatic heterocycles. The Bertz CT molecular complexity index is 1120. The van der Waals surface area contributed by atoms with Crippen molar-refractivity contribution in [1.82, 2.24) is 14.4 Å². The van der Waals surface area contributed by atoms with E-state index in [0.29, 0.717) is 46.5 Å². The van der Waals surface area contributed by atoms with Gasteiger partial charge in [0.1, 0.15) is 6.10 Å². The molecule has 1 atom stereocenters. The van der Waals surface area contributed by atoms with Crippen LogP contribution in [0.25, 0.3) is 17.0 Å². The first kappa shape index (κ1) is 21.1. The summed E-state index contributed by atoms with van der Waals surface area (Å²) in [6.45, 7) is 4.14. The van der Waals surface area contributed by atoms with Gasteiger partial charge in [-0.15, -0.1) is 0 Å². The van der Waals surface area contributed by atoms with Gasteiger partial charge in [-0.3, -0.25) is 14.5 Å². The van der Waals surface area contributed by atoms with Gasteiger partial charge in [0.05, 0.1) is 28.7 Å². The average molecular weight is 444 g/mol. The van der Waals surface area contributed by atoms with Gasteiger partial charge in [0.15, 0.2) is 0 Å². The van der Waals surface area contributed by atoms with Crippen molar-refractivity contribution < 1.29 is 19.1 Å². The van der Waals surface area contributed by atoms with Crippen LogP contribution in [-0.4, -0.2) is 45.2 Å². The molecule has 0 bridgehead atoms. The number of nitrogens with one attached hydrogen (secondary N) is 2. The van der Waals surface area contributed by atoms with E-state index in [0.717, 1.165) is 6.42 Å². The zero-order valence-corrected chi connectivity index (χ0v) is 17.8. The fourth-order valence-electron chi connectivity index (χ4n) is 3.25. The third kappa shape index (κ3) is 4.95. The number of nitrogens with zero attached hydrogens (tertiary/aromatic N) is 3. The van der Waals surface area contributed by atoms with Crippen LogP contribution in [-0.2, 0) is 14.3 Å². The average Bonchev–Trinajstić information content (AvgIpc) is 3.38. The third-order valence-corrected chi connectivity index (χ3v) is 4.96. The fourth-order valence-corrected chi connectivity index (χ4v) is 3.46. The van der Waals surface area contributed by atoms with Gasteiger partial charge in [-0.1, -0.05) is 11.6 Å². The molecule has 31 heavy (non-hydrogen) atoms. The molecule has 9 nitrogen and oxygen atoms in total. The Labute approximate surface area is 183 Å². The highest BCUT2D eigenvalue weighted by atomic mass is 35.5. The molecule has 1 aliphatic heterocycles. The van der Waals surface area contributed by atoms with E-state index < -0.39 is 12.2 Å². The molecule has 10 heteroatoms. The molecule has 0 aliphatic carbocycles. The molecule has 1 aliphatic rings. The second-order valence-electron chi connectivity index (χ2n) is 7.44. The molecule has 0 radical (unpaired) electrons. The van der Waals surface area contributed by atoms with Crippen LogP contribution >= 0.6 is 11.6 Å². The van der Waals surface area contributed by atoms with E-state index in [9.17, 15) is 9.59 Å². The number of ether oxygens (including phenoxy) is 2. The maximum atomic E-state index is 12.3. The van der Waals surface area contributed by atoms with Gasteiger partial charge < -0.3 is 14.8 Å². The molecule has 1 unspecified atom stereocenters. The highest BCUT2D eigenvalue weighted by molar-refractivity contribution is 6.33. The van der Waals surface area contributed by atoms with E-state index in [1.165, 1.54) is 6.20 Å². The SMILES string of the molecule is CC(C)OC(=O)Nc1cnc2nc(-c3cc(NC(=O)C4CCCO4)ccc3Cl)cn2c1. The van der Waals surface area contributed by atoms with Crippen molar-refractivity contribution >= 4 is 40.8 Å². The summed E-state index contributed by atoms with van der Waals surface area (Å²) >= 11 is 6.39. The lowest BCUT2D eigenvalue weighted by Gasteiger charge is -2.11. The molecule has 4 rings (SSSR count). The van der Waals surface area contributed by atoms with Gasteiger partial charge in [-0.25, -0.2) is 14.8 Å². The van der Waals surface area contributed by atoms with Gasteiger partial charge in [0, 0.05) is 30.3 Å². The maximum Gasteiger partial charge on any atom is 0.411 e. The standard InChI is InChI=1S/C21H22ClN5O4/c1-12(2)31-21(29)25-14-9-23-20-26-17(11-27(20)10-14)15-8-13(5-6-16(15)22)24-19(28)18-4-3-7-30-18/h5-6,8-12,18H,3-4,7H2,1-2H3,(H,24,28)(H,25,29). The predicted octanol–water partition coefficient (Wildman–Crippen LogP) is 4.12. The van der Waals surface area contributed by atoms with Gasteiger partial charge in [-0.2, -0.15) is 0 Å². The van der Waals surface area contributed by atoms with Crippen LogP contribution in [0.4, 0.5) is 16.2 Å². The van der Waals surface area contributed by atoms with E-state index in [1.807, 2.05) is 0 Å². The summed E-state index contributed by atoms with van der Waals surface area (Å²) in [6, 6.07) is 5.19. The highest BCUT2D eigenvalue weighted by Crippen LogP contribution is 2.30. The lowest BCUT2D eigenvalue weighted by atomic mass is 10.1. The lowest BCUT2D eigenvalue weighted by Crippen LogP contribution is -2.26. The van der Waals surface area contributed by atoms with Crippen molar-refractivity contribution in [2.45, 2.75) is 38.9 Å². The number of benzene rings is 1. The summed E-state index contributed by atoms with van der Waals surface area (Å²) in [5.74, 6) is 0.258. The number of hydrogen-bond donors (Lipinski definition) is 2. The van der Waals surface area contributed by atoms with Crippen molar-refractivity contribution in [1.29, 1.82) is 0 Å². The lowest BCUT2D eigenvalue weighted by molar-refractivity contribution is -0.124. The summed E-state index contributed by atoms with van der Waals surface area (Å²) in [5, 5.41) is 5.98. The first-order chi connectivity index (χ1) is 14.9. The van der Waals surface area contributed by atoms with Crippen LogP contribution in [0.3, 0.4) is 0 Å². The molecule has 3 aromatic rings. The van der Waals surface area contributed by atoms with Crippen LogP contribution in [0.5, 0.6) is 0 Å². The van der Waals surface area contributed by atoms with Crippen LogP contribution < -0.4 is 10.6 Å². The smallest absolute Gasteiger partial charge is 0.411 e. The molecule has 1 fully saturated rings. The number of imidazole rings is 1. The minimum absolute atomic E-state index is 0.175. The Morgan fingerprint density at radius 2 is 2.10 bits per heavy atom. The number of halogens is 1. The fraction of sp³-hybridized carbons (Fsp3) is 0.333. The highest BCUT2D eigenvalue weighted by Gasteiger charge is 2.23. The third-order valence-electron chi connectivity index (χ3n) is 4.63. The molecular formula is C21H22ClN5O4. The molecule has 1 saturated heterocycles. The van der Waals surface area contributed by atoms with Crippen LogP contribution in [0.2, 0.25) is 5.02 Å². The summed E-state index contributed by atoms with van der Waals surface area (Å²) in [7, 11) is 0. The Morgan fingerprint density at radius 3 is 2.84 bits per heavy atom. The molecule has 0 spiro atoms. The number of hydrogen-bond acceptors (Lipinski definition) is 6. The van der Waals surface area contributed by atoms with E-state index in [2.05, 4.69) is 20.6 Å². The Morgan fingerprint density at radius 1 is 1.26 bits per heavy atom. The van der Waals surface area contributed by atoms with Crippen molar-refractivity contribution in [3.63, 3.8) is 0 Å². The second kappa shape index (κ2) is 8.91. The van der Waals surface area contributed by atoms with E-state index in [-0.39, 0.29) is 12.0 Å². The van der Waals surface area contributed by atoms with Crippen LogP contribution in [0.15, 0.2) is 36.8 Å². The Kier molecular flexibility index (Phi) is 6.06. The number of fused-ring (bicyclic) bond motifs is 1. The first-order valence-corrected chi connectivity index (χ1v) is 10.3. The molecule has 2 N–H and O–H groups in total. The first-order valence-electron chi connectivity index (χ1n) is 9.94. The number of carbonyl (C=O) groups excluding carboxylic acids is 2. The van der Waals surface area contributed by atoms with Crippen molar-refractivity contribution in [2.75, 3.05) is 17.2 Å². The molecular weight excluding hydrogens is 422 g/mol. The van der Waals surface area contributed by atoms with Crippen LogP contribution in [0, 0.1) is 0 Å². The largest absolute Gasteiger partial charge is 0.447 e. The second-order valence-corrected chi connectivity index (χ2v) is 7.85. The van der Waals surface area contributed by atoms with Crippen molar-refractivity contribution in [3.05, 3.63) is 41.8 Å². The zero-order chi connectivity index (χ0) is 22.0. The molecule has 2 amide bonds. The van der Waals surface area contributed by atoms with Crippen LogP contribution in [0.1, 0.15) is 26.7 Å². The predicted molar refractivity (Wildman–Crippen MR) is 116 cm³/mol. The summed E-state index contributed by atoms with van der Waals surface area (Å²) in [4.78, 5) is 32.9. The maximum absolute atomic E-state index is 12.3. The minimum Gasteiger partial charge on any atom is -0.447 e. The molecule has 1 aromatic carbocycles. The monoisotopic (exact) mass is 443 g/mol. The summed E-state index contributed by atoms with van der Waals surface area (Å²) < 4.78 is 12.2. The summed E-state index contributed by atoms with van der Waals surface area (Å²) in [6.07, 6.45) is 5.29. The normalized spacial score (nSPS) is 15.9. The van der Waals surface area contributed by atoms with Gasteiger partial charge in [0.25, 0.3) is 5.91 Å². The van der Waals surface area contributed by atoms with Crippen molar-refractivity contribution in [2.24, 2.45) is 0 Å². The number of amides is 2. The van der Waals surface area contributed by atoms with Gasteiger partial charge in [-0.05, 0) is 44.9 Å². The van der Waals surface area contributed by atoms with E-state index in [4.69, 9.17) is 21.1 Å². The Balaban J connectivity index is 1.56. The molecule has 0 saturated carbocycles. The van der Waals surface area contributed by atoms with Gasteiger partial charge in [0.2, 0.25) is 5.78 Å². The van der Waals surface area contributed by atoms with Crippen molar-refractivity contribution in [3.8, 4) is 11.3 Å². The number of anilines is 2. The Hall–Kier alpha value is -3.17. The number of carbonyl (C=O) groups is 2. The van der Waals surface area contributed by atoms with E-state index >= 15 is 0 Å².